The van der Waals surface area contributed by atoms with Gasteiger partial charge in [0.25, 0.3) is 0 Å². The monoisotopic (exact) mass is 216 g/mol. The Hall–Kier alpha value is -0.750. The van der Waals surface area contributed by atoms with E-state index in [2.05, 4.69) is 10.3 Å². The first kappa shape index (κ1) is 11.3. The fourth-order valence-corrected chi connectivity index (χ4v) is 2.34. The van der Waals surface area contributed by atoms with Crippen LogP contribution in [0.3, 0.4) is 0 Å². The third kappa shape index (κ3) is 3.55. The van der Waals surface area contributed by atoms with Gasteiger partial charge in [-0.2, -0.15) is 0 Å². The summed E-state index contributed by atoms with van der Waals surface area (Å²) in [6.07, 6.45) is 2.63. The molecule has 0 saturated heterocycles. The van der Waals surface area contributed by atoms with Crippen LogP contribution in [0.1, 0.15) is 19.0 Å². The molecule has 2 atom stereocenters. The maximum Gasteiger partial charge on any atom is 0.0951 e. The Morgan fingerprint density at radius 1 is 1.71 bits per heavy atom. The van der Waals surface area contributed by atoms with Crippen LogP contribution in [0.25, 0.3) is 0 Å². The molecule has 0 bridgehead atoms. The molecule has 1 aromatic rings. The van der Waals surface area contributed by atoms with Gasteiger partial charge >= 0.3 is 0 Å². The van der Waals surface area contributed by atoms with E-state index in [1.54, 1.807) is 17.9 Å². The smallest absolute Gasteiger partial charge is 0.0951 e. The van der Waals surface area contributed by atoms with Gasteiger partial charge in [-0.1, -0.05) is 12.1 Å². The average molecular weight is 216 g/mol. The van der Waals surface area contributed by atoms with Crippen molar-refractivity contribution in [3.8, 4) is 0 Å². The van der Waals surface area contributed by atoms with Crippen LogP contribution in [0.2, 0.25) is 0 Å². The van der Waals surface area contributed by atoms with Crippen LogP contribution in [0.15, 0.2) is 6.20 Å². The van der Waals surface area contributed by atoms with Gasteiger partial charge in [-0.15, -0.1) is 5.10 Å². The van der Waals surface area contributed by atoms with Gasteiger partial charge < -0.3 is 5.73 Å². The highest BCUT2D eigenvalue weighted by Gasteiger charge is 2.08. The van der Waals surface area contributed by atoms with Crippen molar-refractivity contribution in [1.82, 2.24) is 15.0 Å². The second-order valence-electron chi connectivity index (χ2n) is 3.30. The summed E-state index contributed by atoms with van der Waals surface area (Å²) in [5.74, 6) is 0.981. The molecule has 80 valence electrons. The Labute approximate surface area is 86.1 Å². The molecule has 1 rings (SSSR count). The quantitative estimate of drug-likeness (QED) is 0.740. The first-order chi connectivity index (χ1) is 6.61. The molecule has 2 unspecified atom stereocenters. The highest BCUT2D eigenvalue weighted by molar-refractivity contribution is 7.84. The topological polar surface area (TPSA) is 73.8 Å². The van der Waals surface area contributed by atoms with Gasteiger partial charge in [0, 0.05) is 35.8 Å². The summed E-state index contributed by atoms with van der Waals surface area (Å²) < 4.78 is 13.1. The van der Waals surface area contributed by atoms with Crippen LogP contribution in [0.5, 0.6) is 0 Å². The lowest BCUT2D eigenvalue weighted by Crippen LogP contribution is -2.26. The van der Waals surface area contributed by atoms with Crippen LogP contribution in [0.4, 0.5) is 0 Å². The number of nitrogens with zero attached hydrogens (tertiary/aromatic N) is 3. The normalized spacial score (nSPS) is 15.4. The SMILES string of the molecule is CCC(N)CS(=O)Cc1cn(C)nn1. The Morgan fingerprint density at radius 3 is 2.93 bits per heavy atom. The third-order valence-corrected chi connectivity index (χ3v) is 3.30. The molecular weight excluding hydrogens is 200 g/mol. The van der Waals surface area contributed by atoms with E-state index in [0.717, 1.165) is 12.1 Å². The fraction of sp³-hybridized carbons (Fsp3) is 0.750. The summed E-state index contributed by atoms with van der Waals surface area (Å²) in [4.78, 5) is 0. The van der Waals surface area contributed by atoms with E-state index in [9.17, 15) is 4.21 Å². The molecule has 0 spiro atoms. The Bertz CT molecular complexity index is 312. The number of hydrogen-bond acceptors (Lipinski definition) is 4. The van der Waals surface area contributed by atoms with Crippen molar-refractivity contribution in [3.05, 3.63) is 11.9 Å². The third-order valence-electron chi connectivity index (χ3n) is 1.88. The van der Waals surface area contributed by atoms with E-state index in [1.807, 2.05) is 6.92 Å². The van der Waals surface area contributed by atoms with Crippen LogP contribution < -0.4 is 5.73 Å². The molecule has 5 nitrogen and oxygen atoms in total. The molecule has 0 fully saturated rings. The van der Waals surface area contributed by atoms with Crippen molar-refractivity contribution in [2.24, 2.45) is 12.8 Å². The lowest BCUT2D eigenvalue weighted by atomic mass is 10.3. The maximum absolute atomic E-state index is 11.5. The minimum atomic E-state index is -0.928. The molecule has 0 amide bonds. The van der Waals surface area contributed by atoms with Crippen LogP contribution in [-0.2, 0) is 23.6 Å². The van der Waals surface area contributed by atoms with Crippen LogP contribution in [0, 0.1) is 0 Å². The first-order valence-electron chi connectivity index (χ1n) is 4.57. The number of nitrogens with two attached hydrogens (primary N) is 1. The molecular formula is C8H16N4OS. The highest BCUT2D eigenvalue weighted by atomic mass is 32.2. The second kappa shape index (κ2) is 5.21. The molecule has 1 heterocycles. The van der Waals surface area contributed by atoms with Crippen molar-refractivity contribution in [1.29, 1.82) is 0 Å². The standard InChI is InChI=1S/C8H16N4OS/c1-3-7(9)5-14(13)6-8-4-12(2)11-10-8/h4,7H,3,5-6,9H2,1-2H3. The molecule has 0 aliphatic heterocycles. The zero-order valence-electron chi connectivity index (χ0n) is 8.51. The largest absolute Gasteiger partial charge is 0.327 e. The van der Waals surface area contributed by atoms with E-state index in [4.69, 9.17) is 5.73 Å². The molecule has 0 aromatic carbocycles. The van der Waals surface area contributed by atoms with E-state index in [1.165, 1.54) is 0 Å². The van der Waals surface area contributed by atoms with Gasteiger partial charge in [0.1, 0.15) is 0 Å². The van der Waals surface area contributed by atoms with Gasteiger partial charge in [-0.05, 0) is 6.42 Å². The molecule has 6 heteroatoms. The lowest BCUT2D eigenvalue weighted by molar-refractivity contribution is 0.662. The van der Waals surface area contributed by atoms with Crippen molar-refractivity contribution >= 4 is 10.8 Å². The van der Waals surface area contributed by atoms with Gasteiger partial charge in [0.15, 0.2) is 0 Å². The van der Waals surface area contributed by atoms with E-state index < -0.39 is 10.8 Å². The highest BCUT2D eigenvalue weighted by Crippen LogP contribution is 2.00. The minimum Gasteiger partial charge on any atom is -0.327 e. The Kier molecular flexibility index (Phi) is 4.21. The van der Waals surface area contributed by atoms with Gasteiger partial charge in [0.05, 0.1) is 11.4 Å². The van der Waals surface area contributed by atoms with E-state index in [-0.39, 0.29) is 6.04 Å². The average Bonchev–Trinajstić information content (AvgIpc) is 2.50. The van der Waals surface area contributed by atoms with Crippen LogP contribution in [-0.4, -0.2) is 31.0 Å². The van der Waals surface area contributed by atoms with E-state index in [0.29, 0.717) is 11.5 Å². The molecule has 14 heavy (non-hydrogen) atoms. The van der Waals surface area contributed by atoms with Gasteiger partial charge in [-0.25, -0.2) is 0 Å². The Balaban J connectivity index is 2.41. The van der Waals surface area contributed by atoms with Crippen LogP contribution >= 0.6 is 0 Å². The number of rotatable bonds is 5. The summed E-state index contributed by atoms with van der Waals surface area (Å²) in [5.41, 5.74) is 6.46. The maximum atomic E-state index is 11.5. The van der Waals surface area contributed by atoms with Gasteiger partial charge in [-0.3, -0.25) is 8.89 Å². The zero-order valence-corrected chi connectivity index (χ0v) is 9.33. The summed E-state index contributed by atoms with van der Waals surface area (Å²) >= 11 is 0. The van der Waals surface area contributed by atoms with Crippen molar-refractivity contribution in [2.75, 3.05) is 5.75 Å². The van der Waals surface area contributed by atoms with Crippen molar-refractivity contribution < 1.29 is 4.21 Å². The summed E-state index contributed by atoms with van der Waals surface area (Å²) in [6.45, 7) is 1.99. The summed E-state index contributed by atoms with van der Waals surface area (Å²) in [7, 11) is 0.860. The number of aromatic nitrogens is 3. The van der Waals surface area contributed by atoms with Gasteiger partial charge in [0.2, 0.25) is 0 Å². The second-order valence-corrected chi connectivity index (χ2v) is 4.80. The fourth-order valence-electron chi connectivity index (χ4n) is 1.04. The van der Waals surface area contributed by atoms with Crippen molar-refractivity contribution in [2.45, 2.75) is 25.1 Å². The molecule has 0 radical (unpaired) electrons. The van der Waals surface area contributed by atoms with Crippen molar-refractivity contribution in [3.63, 3.8) is 0 Å². The van der Waals surface area contributed by atoms with E-state index >= 15 is 0 Å². The molecule has 1 aromatic heterocycles. The zero-order chi connectivity index (χ0) is 10.6. The number of hydrogen-bond donors (Lipinski definition) is 1. The lowest BCUT2D eigenvalue weighted by Gasteiger charge is -2.06. The Morgan fingerprint density at radius 2 is 2.43 bits per heavy atom. The predicted octanol–water partition coefficient (Wildman–Crippen LogP) is -0.199. The predicted molar refractivity (Wildman–Crippen MR) is 56.0 cm³/mol. The molecule has 0 saturated carbocycles. The summed E-state index contributed by atoms with van der Waals surface area (Å²) in [5, 5.41) is 7.64. The first-order valence-corrected chi connectivity index (χ1v) is 6.06. The molecule has 0 aliphatic rings. The minimum absolute atomic E-state index is 0.0208. The molecule has 0 aliphatic carbocycles. The number of aryl methyl sites for hydroxylation is 1. The summed E-state index contributed by atoms with van der Waals surface area (Å²) in [6, 6.07) is 0.0208. The molecule has 2 N–H and O–H groups in total.